The highest BCUT2D eigenvalue weighted by Crippen LogP contribution is 2.74. The Morgan fingerprint density at radius 2 is 1.76 bits per heavy atom. The summed E-state index contributed by atoms with van der Waals surface area (Å²) in [5.74, 6) is -1.61. The molecule has 2 atom stereocenters. The van der Waals surface area contributed by atoms with Gasteiger partial charge in [-0.2, -0.15) is 5.26 Å². The standard InChI is InChI=1S/C25H19Cl2FN2O4/c1-3-32-16-9-11-18(12-10-16)34-23(31)24(2)21(25(24,26)27)20-15(14-29)13-19(28)22(30-20)33-17-7-5-4-6-8-17/h4-13,21H,3H2,1-2H3. The van der Waals surface area contributed by atoms with Crippen LogP contribution in [0.3, 0.4) is 0 Å². The Bertz CT molecular complexity index is 1260. The molecule has 4 rings (SSSR count). The molecule has 0 spiro atoms. The van der Waals surface area contributed by atoms with Crippen LogP contribution in [-0.2, 0) is 4.79 Å². The van der Waals surface area contributed by atoms with Crippen LogP contribution in [0.25, 0.3) is 0 Å². The van der Waals surface area contributed by atoms with E-state index in [9.17, 15) is 14.4 Å². The van der Waals surface area contributed by atoms with E-state index in [1.54, 1.807) is 54.6 Å². The minimum atomic E-state index is -1.64. The number of halogens is 3. The number of ether oxygens (including phenoxy) is 3. The molecule has 1 aromatic heterocycles. The van der Waals surface area contributed by atoms with Gasteiger partial charge in [-0.1, -0.05) is 41.4 Å². The van der Waals surface area contributed by atoms with Gasteiger partial charge in [-0.15, -0.1) is 0 Å². The lowest BCUT2D eigenvalue weighted by atomic mass is 10.0. The summed E-state index contributed by atoms with van der Waals surface area (Å²) in [5.41, 5.74) is -1.51. The van der Waals surface area contributed by atoms with Crippen molar-refractivity contribution in [1.29, 1.82) is 5.26 Å². The number of pyridine rings is 1. The molecule has 1 aliphatic rings. The lowest BCUT2D eigenvalue weighted by molar-refractivity contribution is -0.140. The van der Waals surface area contributed by atoms with Gasteiger partial charge in [-0.05, 0) is 56.3 Å². The van der Waals surface area contributed by atoms with Gasteiger partial charge in [0, 0.05) is 0 Å². The predicted molar refractivity (Wildman–Crippen MR) is 124 cm³/mol. The predicted octanol–water partition coefficient (Wildman–Crippen LogP) is 6.17. The Kier molecular flexibility index (Phi) is 6.39. The van der Waals surface area contributed by atoms with Gasteiger partial charge in [0.1, 0.15) is 33.1 Å². The summed E-state index contributed by atoms with van der Waals surface area (Å²) in [4.78, 5) is 17.3. The smallest absolute Gasteiger partial charge is 0.321 e. The maximum Gasteiger partial charge on any atom is 0.321 e. The number of hydrogen-bond donors (Lipinski definition) is 0. The van der Waals surface area contributed by atoms with Crippen molar-refractivity contribution >= 4 is 29.2 Å². The number of carbonyl (C=O) groups is 1. The number of alkyl halides is 2. The molecule has 1 aliphatic carbocycles. The highest BCUT2D eigenvalue weighted by atomic mass is 35.5. The van der Waals surface area contributed by atoms with E-state index in [0.29, 0.717) is 18.1 Å². The molecule has 2 unspecified atom stereocenters. The van der Waals surface area contributed by atoms with Gasteiger partial charge in [-0.3, -0.25) is 4.79 Å². The van der Waals surface area contributed by atoms with E-state index in [1.165, 1.54) is 6.92 Å². The molecule has 0 saturated heterocycles. The van der Waals surface area contributed by atoms with E-state index in [2.05, 4.69) is 4.98 Å². The third-order valence-corrected chi connectivity index (χ3v) is 6.86. The summed E-state index contributed by atoms with van der Waals surface area (Å²) in [6.07, 6.45) is 0. The van der Waals surface area contributed by atoms with Crippen LogP contribution in [0.2, 0.25) is 0 Å². The molecule has 0 N–H and O–H groups in total. The third-order valence-electron chi connectivity index (χ3n) is 5.64. The summed E-state index contributed by atoms with van der Waals surface area (Å²) >= 11 is 13.0. The first-order valence-electron chi connectivity index (χ1n) is 10.4. The van der Waals surface area contributed by atoms with Gasteiger partial charge in [0.25, 0.3) is 5.88 Å². The molecule has 3 aromatic rings. The van der Waals surface area contributed by atoms with Crippen LogP contribution in [0, 0.1) is 22.6 Å². The number of hydrogen-bond acceptors (Lipinski definition) is 6. The van der Waals surface area contributed by atoms with Crippen molar-refractivity contribution in [3.63, 3.8) is 0 Å². The number of aromatic nitrogens is 1. The monoisotopic (exact) mass is 500 g/mol. The Balaban J connectivity index is 1.63. The van der Waals surface area contributed by atoms with Crippen molar-refractivity contribution in [3.05, 3.63) is 77.7 Å². The molecular formula is C25H19Cl2FN2O4. The molecule has 0 bridgehead atoms. The maximum absolute atomic E-state index is 14.6. The Morgan fingerprint density at radius 3 is 2.38 bits per heavy atom. The molecule has 0 aliphatic heterocycles. The van der Waals surface area contributed by atoms with Crippen molar-refractivity contribution in [2.24, 2.45) is 5.41 Å². The quantitative estimate of drug-likeness (QED) is 0.219. The van der Waals surface area contributed by atoms with Gasteiger partial charge in [-0.25, -0.2) is 9.37 Å². The lowest BCUT2D eigenvalue weighted by Crippen LogP contribution is -2.24. The van der Waals surface area contributed by atoms with E-state index in [1.807, 2.05) is 13.0 Å². The molecule has 34 heavy (non-hydrogen) atoms. The second-order valence-electron chi connectivity index (χ2n) is 7.79. The second-order valence-corrected chi connectivity index (χ2v) is 9.17. The lowest BCUT2D eigenvalue weighted by Gasteiger charge is -2.13. The molecule has 0 amide bonds. The number of carbonyl (C=O) groups excluding carboxylic acids is 1. The van der Waals surface area contributed by atoms with Gasteiger partial charge in [0.05, 0.1) is 23.8 Å². The molecule has 0 radical (unpaired) electrons. The summed E-state index contributed by atoms with van der Waals surface area (Å²) < 4.78 is 29.4. The minimum absolute atomic E-state index is 0.0472. The first-order valence-corrected chi connectivity index (χ1v) is 11.1. The summed E-state index contributed by atoms with van der Waals surface area (Å²) in [6, 6.07) is 17.8. The van der Waals surface area contributed by atoms with Crippen molar-refractivity contribution in [3.8, 4) is 29.2 Å². The van der Waals surface area contributed by atoms with Crippen LogP contribution < -0.4 is 14.2 Å². The third kappa shape index (κ3) is 4.15. The number of nitrogens with zero attached hydrogens (tertiary/aromatic N) is 2. The molecular weight excluding hydrogens is 482 g/mol. The van der Waals surface area contributed by atoms with Gasteiger partial charge in [0.15, 0.2) is 5.82 Å². The van der Waals surface area contributed by atoms with Crippen LogP contribution in [-0.4, -0.2) is 21.9 Å². The zero-order chi connectivity index (χ0) is 24.5. The van der Waals surface area contributed by atoms with E-state index in [0.717, 1.165) is 6.07 Å². The number of rotatable bonds is 7. The Labute approximate surface area is 205 Å². The van der Waals surface area contributed by atoms with Gasteiger partial charge < -0.3 is 14.2 Å². The zero-order valence-electron chi connectivity index (χ0n) is 18.2. The topological polar surface area (TPSA) is 81.4 Å². The normalized spacial score (nSPS) is 20.2. The molecule has 174 valence electrons. The fourth-order valence-corrected chi connectivity index (χ4v) is 4.59. The first kappa shape index (κ1) is 23.8. The van der Waals surface area contributed by atoms with E-state index in [4.69, 9.17) is 37.4 Å². The van der Waals surface area contributed by atoms with Crippen LogP contribution >= 0.6 is 23.2 Å². The van der Waals surface area contributed by atoms with Crippen LogP contribution in [0.15, 0.2) is 60.7 Å². The van der Waals surface area contributed by atoms with E-state index < -0.39 is 27.5 Å². The van der Waals surface area contributed by atoms with Gasteiger partial charge in [0.2, 0.25) is 0 Å². The summed E-state index contributed by atoms with van der Waals surface area (Å²) in [6.45, 7) is 3.87. The van der Waals surface area contributed by atoms with Crippen LogP contribution in [0.4, 0.5) is 4.39 Å². The highest BCUT2D eigenvalue weighted by Gasteiger charge is 2.80. The second kappa shape index (κ2) is 9.13. The largest absolute Gasteiger partial charge is 0.494 e. The van der Waals surface area contributed by atoms with Crippen molar-refractivity contribution in [1.82, 2.24) is 4.98 Å². The maximum atomic E-state index is 14.6. The van der Waals surface area contributed by atoms with E-state index in [-0.39, 0.29) is 22.9 Å². The summed E-state index contributed by atoms with van der Waals surface area (Å²) in [5, 5.41) is 9.57. The minimum Gasteiger partial charge on any atom is -0.494 e. The van der Waals surface area contributed by atoms with Crippen molar-refractivity contribution in [2.45, 2.75) is 24.1 Å². The van der Waals surface area contributed by atoms with Crippen molar-refractivity contribution < 1.29 is 23.4 Å². The van der Waals surface area contributed by atoms with Gasteiger partial charge >= 0.3 is 5.97 Å². The van der Waals surface area contributed by atoms with Crippen LogP contribution in [0.1, 0.15) is 31.0 Å². The molecule has 1 heterocycles. The first-order chi connectivity index (χ1) is 16.2. The van der Waals surface area contributed by atoms with Crippen molar-refractivity contribution in [2.75, 3.05) is 6.61 Å². The number of benzene rings is 2. The highest BCUT2D eigenvalue weighted by molar-refractivity contribution is 6.54. The molecule has 1 saturated carbocycles. The fourth-order valence-electron chi connectivity index (χ4n) is 3.68. The average Bonchev–Trinajstić information content (AvgIpc) is 3.29. The number of esters is 1. The molecule has 2 aromatic carbocycles. The molecule has 6 nitrogen and oxygen atoms in total. The average molecular weight is 501 g/mol. The SMILES string of the molecule is CCOc1ccc(OC(=O)C2(C)C(c3nc(Oc4ccccc4)c(F)cc3C#N)C2(Cl)Cl)cc1. The summed E-state index contributed by atoms with van der Waals surface area (Å²) in [7, 11) is 0. The Morgan fingerprint density at radius 1 is 1.12 bits per heavy atom. The fraction of sp³-hybridized carbons (Fsp3) is 0.240. The Hall–Kier alpha value is -3.34. The molecule has 1 fully saturated rings. The zero-order valence-corrected chi connectivity index (χ0v) is 19.7. The van der Waals surface area contributed by atoms with Crippen LogP contribution in [0.5, 0.6) is 23.1 Å². The van der Waals surface area contributed by atoms with E-state index >= 15 is 0 Å². The number of para-hydroxylation sites is 1. The number of nitriles is 1. The molecule has 9 heteroatoms.